The molecule has 0 aromatic heterocycles. The Morgan fingerprint density at radius 2 is 2.37 bits per heavy atom. The fourth-order valence-corrected chi connectivity index (χ4v) is 2.48. The SMILES string of the molecule is O=C(C[C@@H]1CCCO1)NCCc1ccc(Br)cc1F. The third-order valence-electron chi connectivity index (χ3n) is 3.17. The molecule has 0 aliphatic carbocycles. The second-order valence-electron chi connectivity index (χ2n) is 4.67. The van der Waals surface area contributed by atoms with Crippen molar-refractivity contribution in [2.24, 2.45) is 0 Å². The molecular formula is C14H17BrFNO2. The highest BCUT2D eigenvalue weighted by atomic mass is 79.9. The average molecular weight is 330 g/mol. The summed E-state index contributed by atoms with van der Waals surface area (Å²) in [5, 5.41) is 2.80. The first-order chi connectivity index (χ1) is 9.15. The van der Waals surface area contributed by atoms with Crippen LogP contribution in [0.1, 0.15) is 24.8 Å². The number of benzene rings is 1. The zero-order valence-electron chi connectivity index (χ0n) is 10.6. The van der Waals surface area contributed by atoms with Gasteiger partial charge in [-0.2, -0.15) is 0 Å². The number of hydrogen-bond acceptors (Lipinski definition) is 2. The van der Waals surface area contributed by atoms with E-state index in [-0.39, 0.29) is 17.8 Å². The maximum Gasteiger partial charge on any atom is 0.222 e. The summed E-state index contributed by atoms with van der Waals surface area (Å²) in [6, 6.07) is 4.96. The van der Waals surface area contributed by atoms with E-state index in [1.807, 2.05) is 0 Å². The number of carbonyl (C=O) groups is 1. The van der Waals surface area contributed by atoms with E-state index in [1.165, 1.54) is 6.07 Å². The molecule has 0 radical (unpaired) electrons. The van der Waals surface area contributed by atoms with E-state index in [1.54, 1.807) is 12.1 Å². The van der Waals surface area contributed by atoms with Gasteiger partial charge in [0.25, 0.3) is 0 Å². The zero-order valence-corrected chi connectivity index (χ0v) is 12.2. The number of halogens is 2. The maximum absolute atomic E-state index is 13.5. The van der Waals surface area contributed by atoms with Crippen molar-refractivity contribution in [2.45, 2.75) is 31.8 Å². The van der Waals surface area contributed by atoms with E-state index in [2.05, 4.69) is 21.2 Å². The molecule has 1 atom stereocenters. The summed E-state index contributed by atoms with van der Waals surface area (Å²) in [4.78, 5) is 11.6. The Morgan fingerprint density at radius 3 is 3.05 bits per heavy atom. The molecule has 1 aliphatic heterocycles. The molecule has 1 saturated heterocycles. The van der Waals surface area contributed by atoms with E-state index in [4.69, 9.17) is 4.74 Å². The number of carbonyl (C=O) groups excluding carboxylic acids is 1. The summed E-state index contributed by atoms with van der Waals surface area (Å²) in [6.45, 7) is 1.20. The van der Waals surface area contributed by atoms with Crippen LogP contribution < -0.4 is 5.32 Å². The lowest BCUT2D eigenvalue weighted by molar-refractivity contribution is -0.123. The Balaban J connectivity index is 1.72. The lowest BCUT2D eigenvalue weighted by atomic mass is 10.1. The molecule has 0 saturated carbocycles. The molecule has 1 heterocycles. The van der Waals surface area contributed by atoms with Gasteiger partial charge in [-0.1, -0.05) is 22.0 Å². The molecule has 2 rings (SSSR count). The van der Waals surface area contributed by atoms with Gasteiger partial charge in [0.1, 0.15) is 5.82 Å². The van der Waals surface area contributed by atoms with Crippen LogP contribution in [0, 0.1) is 5.82 Å². The molecule has 1 aromatic carbocycles. The highest BCUT2D eigenvalue weighted by molar-refractivity contribution is 9.10. The molecule has 104 valence electrons. The van der Waals surface area contributed by atoms with E-state index < -0.39 is 0 Å². The maximum atomic E-state index is 13.5. The van der Waals surface area contributed by atoms with Crippen LogP contribution in [0.3, 0.4) is 0 Å². The molecule has 0 bridgehead atoms. The second-order valence-corrected chi connectivity index (χ2v) is 5.59. The summed E-state index contributed by atoms with van der Waals surface area (Å²) in [6.07, 6.45) is 2.94. The summed E-state index contributed by atoms with van der Waals surface area (Å²) in [7, 11) is 0. The van der Waals surface area contributed by atoms with Crippen LogP contribution in [0.2, 0.25) is 0 Å². The van der Waals surface area contributed by atoms with Gasteiger partial charge in [0.2, 0.25) is 5.91 Å². The lowest BCUT2D eigenvalue weighted by Gasteiger charge is -2.10. The van der Waals surface area contributed by atoms with Crippen LogP contribution >= 0.6 is 15.9 Å². The monoisotopic (exact) mass is 329 g/mol. The first-order valence-electron chi connectivity index (χ1n) is 6.47. The fraction of sp³-hybridized carbons (Fsp3) is 0.500. The minimum absolute atomic E-state index is 0.0237. The Labute approximate surface area is 120 Å². The van der Waals surface area contributed by atoms with Crippen LogP contribution in [-0.2, 0) is 16.0 Å². The zero-order chi connectivity index (χ0) is 13.7. The quantitative estimate of drug-likeness (QED) is 0.902. The molecule has 1 amide bonds. The molecule has 1 N–H and O–H groups in total. The van der Waals surface area contributed by atoms with Crippen LogP contribution in [-0.4, -0.2) is 25.2 Å². The van der Waals surface area contributed by atoms with Crippen molar-refractivity contribution < 1.29 is 13.9 Å². The molecule has 0 spiro atoms. The first kappa shape index (κ1) is 14.5. The molecule has 1 aromatic rings. The third kappa shape index (κ3) is 4.58. The van der Waals surface area contributed by atoms with E-state index in [0.717, 1.165) is 23.9 Å². The van der Waals surface area contributed by atoms with Crippen molar-refractivity contribution in [3.05, 3.63) is 34.1 Å². The lowest BCUT2D eigenvalue weighted by Crippen LogP contribution is -2.29. The van der Waals surface area contributed by atoms with Crippen molar-refractivity contribution >= 4 is 21.8 Å². The van der Waals surface area contributed by atoms with Gasteiger partial charge in [-0.25, -0.2) is 4.39 Å². The standard InChI is InChI=1S/C14H17BrFNO2/c15-11-4-3-10(13(16)8-11)5-6-17-14(18)9-12-2-1-7-19-12/h3-4,8,12H,1-2,5-7,9H2,(H,17,18)/t12-/m0/s1. The third-order valence-corrected chi connectivity index (χ3v) is 3.66. The topological polar surface area (TPSA) is 38.3 Å². The summed E-state index contributed by atoms with van der Waals surface area (Å²) in [5.74, 6) is -0.271. The predicted octanol–water partition coefficient (Wildman–Crippen LogP) is 2.82. The Kier molecular flexibility index (Phi) is 5.34. The molecule has 3 nitrogen and oxygen atoms in total. The fourth-order valence-electron chi connectivity index (χ4n) is 2.15. The number of rotatable bonds is 5. The van der Waals surface area contributed by atoms with Crippen molar-refractivity contribution in [3.63, 3.8) is 0 Å². The Morgan fingerprint density at radius 1 is 1.53 bits per heavy atom. The normalized spacial score (nSPS) is 18.5. The smallest absolute Gasteiger partial charge is 0.222 e. The average Bonchev–Trinajstić information content (AvgIpc) is 2.84. The van der Waals surface area contributed by atoms with E-state index >= 15 is 0 Å². The summed E-state index contributed by atoms with van der Waals surface area (Å²) >= 11 is 3.21. The molecule has 5 heteroatoms. The van der Waals surface area contributed by atoms with Crippen molar-refractivity contribution in [1.29, 1.82) is 0 Å². The minimum Gasteiger partial charge on any atom is -0.378 e. The minimum atomic E-state index is -0.247. The summed E-state index contributed by atoms with van der Waals surface area (Å²) in [5.41, 5.74) is 0.612. The molecule has 1 fully saturated rings. The molecular weight excluding hydrogens is 313 g/mol. The van der Waals surface area contributed by atoms with Gasteiger partial charge in [-0.15, -0.1) is 0 Å². The van der Waals surface area contributed by atoms with Gasteiger partial charge in [-0.3, -0.25) is 4.79 Å². The van der Waals surface area contributed by atoms with Gasteiger partial charge >= 0.3 is 0 Å². The molecule has 19 heavy (non-hydrogen) atoms. The highest BCUT2D eigenvalue weighted by Crippen LogP contribution is 2.16. The Bertz CT molecular complexity index is 447. The largest absolute Gasteiger partial charge is 0.378 e. The van der Waals surface area contributed by atoms with Gasteiger partial charge < -0.3 is 10.1 Å². The molecule has 1 aliphatic rings. The van der Waals surface area contributed by atoms with E-state index in [0.29, 0.717) is 24.9 Å². The Hall–Kier alpha value is -0.940. The van der Waals surface area contributed by atoms with E-state index in [9.17, 15) is 9.18 Å². The number of ether oxygens (including phenoxy) is 1. The van der Waals surface area contributed by atoms with Crippen LogP contribution in [0.5, 0.6) is 0 Å². The van der Waals surface area contributed by atoms with Gasteiger partial charge in [0, 0.05) is 17.6 Å². The van der Waals surface area contributed by atoms with Crippen molar-refractivity contribution in [2.75, 3.05) is 13.2 Å². The summed E-state index contributed by atoms with van der Waals surface area (Å²) < 4.78 is 19.7. The van der Waals surface area contributed by atoms with Crippen molar-refractivity contribution in [3.8, 4) is 0 Å². The van der Waals surface area contributed by atoms with Gasteiger partial charge in [-0.05, 0) is 37.0 Å². The van der Waals surface area contributed by atoms with Crippen LogP contribution in [0.4, 0.5) is 4.39 Å². The van der Waals surface area contributed by atoms with Crippen LogP contribution in [0.25, 0.3) is 0 Å². The number of hydrogen-bond donors (Lipinski definition) is 1. The van der Waals surface area contributed by atoms with Crippen molar-refractivity contribution in [1.82, 2.24) is 5.32 Å². The van der Waals surface area contributed by atoms with Gasteiger partial charge in [0.05, 0.1) is 12.5 Å². The first-order valence-corrected chi connectivity index (χ1v) is 7.26. The van der Waals surface area contributed by atoms with Gasteiger partial charge in [0.15, 0.2) is 0 Å². The van der Waals surface area contributed by atoms with Crippen LogP contribution in [0.15, 0.2) is 22.7 Å². The highest BCUT2D eigenvalue weighted by Gasteiger charge is 2.18. The second kappa shape index (κ2) is 7.01. The number of amides is 1. The number of nitrogens with one attached hydrogen (secondary N) is 1. The molecule has 0 unspecified atom stereocenters. The predicted molar refractivity (Wildman–Crippen MR) is 74.4 cm³/mol.